The van der Waals surface area contributed by atoms with Gasteiger partial charge in [0.1, 0.15) is 5.82 Å². The number of thioether (sulfide) groups is 1. The number of halogens is 1. The second-order valence-corrected chi connectivity index (χ2v) is 7.97. The highest BCUT2D eigenvalue weighted by atomic mass is 32.2. The molecule has 1 saturated heterocycles. The lowest BCUT2D eigenvalue weighted by Gasteiger charge is -2.14. The fourth-order valence-electron chi connectivity index (χ4n) is 3.29. The van der Waals surface area contributed by atoms with E-state index in [1.165, 1.54) is 18.2 Å². The van der Waals surface area contributed by atoms with E-state index in [0.29, 0.717) is 27.1 Å². The molecule has 0 atom stereocenters. The highest BCUT2D eigenvalue weighted by molar-refractivity contribution is 8.18. The number of aryl methyl sites for hydroxylation is 1. The summed E-state index contributed by atoms with van der Waals surface area (Å²) in [6.45, 7) is 1.87. The molecule has 2 heterocycles. The van der Waals surface area contributed by atoms with Crippen molar-refractivity contribution in [1.29, 1.82) is 0 Å². The molecule has 4 rings (SSSR count). The Balaban J connectivity index is 1.43. The maximum Gasteiger partial charge on any atom is 0.293 e. The van der Waals surface area contributed by atoms with Gasteiger partial charge in [0.05, 0.1) is 16.0 Å². The van der Waals surface area contributed by atoms with E-state index in [4.69, 9.17) is 0 Å². The zero-order valence-electron chi connectivity index (χ0n) is 16.6. The first kappa shape index (κ1) is 20.7. The van der Waals surface area contributed by atoms with Gasteiger partial charge in [-0.25, -0.2) is 4.39 Å². The number of carbonyl (C=O) groups is 3. The maximum absolute atomic E-state index is 13.5. The summed E-state index contributed by atoms with van der Waals surface area (Å²) in [5.41, 5.74) is 2.17. The predicted molar refractivity (Wildman–Crippen MR) is 118 cm³/mol. The van der Waals surface area contributed by atoms with E-state index in [9.17, 15) is 18.8 Å². The number of carbonyl (C=O) groups excluding carboxylic acids is 3. The highest BCUT2D eigenvalue weighted by Crippen LogP contribution is 2.31. The topological polar surface area (TPSA) is 79.4 Å². The predicted octanol–water partition coefficient (Wildman–Crippen LogP) is 4.15. The van der Waals surface area contributed by atoms with E-state index in [1.807, 2.05) is 30.3 Å². The van der Waals surface area contributed by atoms with Crippen LogP contribution in [0.2, 0.25) is 0 Å². The Labute approximate surface area is 182 Å². The molecule has 1 N–H and O–H groups in total. The molecule has 1 aliphatic heterocycles. The molecule has 0 unspecified atom stereocenters. The number of amides is 3. The van der Waals surface area contributed by atoms with Gasteiger partial charge in [0.25, 0.3) is 17.1 Å². The molecule has 2 aromatic carbocycles. The number of imide groups is 1. The van der Waals surface area contributed by atoms with Crippen LogP contribution in [0.25, 0.3) is 17.0 Å². The van der Waals surface area contributed by atoms with Gasteiger partial charge in [-0.15, -0.1) is 0 Å². The summed E-state index contributed by atoms with van der Waals surface area (Å²) in [4.78, 5) is 43.3. The fraction of sp³-hybridized carbons (Fsp3) is 0.130. The van der Waals surface area contributed by atoms with Crippen LogP contribution in [0.15, 0.2) is 59.5 Å². The van der Waals surface area contributed by atoms with E-state index in [1.54, 1.807) is 19.1 Å². The third-order valence-corrected chi connectivity index (χ3v) is 5.64. The number of fused-ring (bicyclic) bond motifs is 1. The van der Waals surface area contributed by atoms with Crippen molar-refractivity contribution in [3.63, 3.8) is 0 Å². The zero-order chi connectivity index (χ0) is 22.0. The Morgan fingerprint density at radius 1 is 1.16 bits per heavy atom. The van der Waals surface area contributed by atoms with Gasteiger partial charge in [-0.3, -0.25) is 24.3 Å². The highest BCUT2D eigenvalue weighted by Gasteiger charge is 2.34. The van der Waals surface area contributed by atoms with Gasteiger partial charge in [-0.2, -0.15) is 0 Å². The summed E-state index contributed by atoms with van der Waals surface area (Å²) >= 11 is 0.879. The number of nitrogens with one attached hydrogen (secondary N) is 1. The lowest BCUT2D eigenvalue weighted by molar-refractivity contribution is -0.122. The molecule has 0 spiro atoms. The molecule has 6 nitrogen and oxygen atoms in total. The summed E-state index contributed by atoms with van der Waals surface area (Å²) in [5, 5.41) is 2.89. The minimum atomic E-state index is -0.431. The minimum Gasteiger partial charge on any atom is -0.350 e. The Bertz CT molecular complexity index is 1220. The second-order valence-electron chi connectivity index (χ2n) is 6.97. The normalized spacial score (nSPS) is 15.2. The van der Waals surface area contributed by atoms with Crippen LogP contribution >= 0.6 is 11.8 Å². The molecule has 1 aliphatic rings. The first-order valence-electron chi connectivity index (χ1n) is 9.58. The maximum atomic E-state index is 13.5. The van der Waals surface area contributed by atoms with Gasteiger partial charge in [0.2, 0.25) is 0 Å². The Kier molecular flexibility index (Phi) is 5.81. The minimum absolute atomic E-state index is 0.0547. The van der Waals surface area contributed by atoms with Crippen LogP contribution in [-0.4, -0.2) is 40.0 Å². The van der Waals surface area contributed by atoms with Crippen molar-refractivity contribution in [2.75, 3.05) is 13.1 Å². The van der Waals surface area contributed by atoms with Crippen molar-refractivity contribution in [2.24, 2.45) is 0 Å². The third kappa shape index (κ3) is 4.49. The first-order valence-corrected chi connectivity index (χ1v) is 10.4. The summed E-state index contributed by atoms with van der Waals surface area (Å²) < 4.78 is 13.5. The lowest BCUT2D eigenvalue weighted by Crippen LogP contribution is -2.37. The van der Waals surface area contributed by atoms with Gasteiger partial charge in [0.15, 0.2) is 0 Å². The van der Waals surface area contributed by atoms with Crippen LogP contribution in [0.3, 0.4) is 0 Å². The van der Waals surface area contributed by atoms with Gasteiger partial charge < -0.3 is 5.32 Å². The van der Waals surface area contributed by atoms with Gasteiger partial charge in [-0.05, 0) is 48.5 Å². The SMILES string of the molecule is Cc1cc(C(=O)NCCN2C(=O)S/C(=C\c3ccccc3)C2=O)c2ccc(F)cc2n1. The number of nitrogens with zero attached hydrogens (tertiary/aromatic N) is 2. The molecular formula is C23H18FN3O3S. The smallest absolute Gasteiger partial charge is 0.293 e. The van der Waals surface area contributed by atoms with Crippen LogP contribution in [0.5, 0.6) is 0 Å². The zero-order valence-corrected chi connectivity index (χ0v) is 17.4. The largest absolute Gasteiger partial charge is 0.350 e. The van der Waals surface area contributed by atoms with Crippen LogP contribution in [0.4, 0.5) is 9.18 Å². The van der Waals surface area contributed by atoms with E-state index >= 15 is 0 Å². The van der Waals surface area contributed by atoms with Gasteiger partial charge >= 0.3 is 0 Å². The molecule has 0 saturated carbocycles. The van der Waals surface area contributed by atoms with Crippen molar-refractivity contribution >= 4 is 45.8 Å². The van der Waals surface area contributed by atoms with E-state index in [-0.39, 0.29) is 30.1 Å². The standard InChI is InChI=1S/C23H18FN3O3S/c1-14-11-18(17-8-7-16(24)13-19(17)26-14)21(28)25-9-10-27-22(29)20(31-23(27)30)12-15-5-3-2-4-6-15/h2-8,11-13H,9-10H2,1H3,(H,25,28)/b20-12-. The van der Waals surface area contributed by atoms with Crippen LogP contribution in [0, 0.1) is 12.7 Å². The van der Waals surface area contributed by atoms with E-state index in [0.717, 1.165) is 22.2 Å². The number of hydrogen-bond acceptors (Lipinski definition) is 5. The molecule has 1 aromatic heterocycles. The number of benzene rings is 2. The molecule has 3 amide bonds. The molecule has 1 fully saturated rings. The molecule has 156 valence electrons. The number of pyridine rings is 1. The van der Waals surface area contributed by atoms with Crippen LogP contribution in [0.1, 0.15) is 21.6 Å². The molecular weight excluding hydrogens is 417 g/mol. The van der Waals surface area contributed by atoms with Crippen LogP contribution < -0.4 is 5.32 Å². The molecule has 0 radical (unpaired) electrons. The van der Waals surface area contributed by atoms with Crippen LogP contribution in [-0.2, 0) is 4.79 Å². The lowest BCUT2D eigenvalue weighted by atomic mass is 10.1. The average molecular weight is 435 g/mol. The summed E-state index contributed by atoms with van der Waals surface area (Å²) in [6, 6.07) is 15.0. The number of rotatable bonds is 5. The summed E-state index contributed by atoms with van der Waals surface area (Å²) in [5.74, 6) is -1.19. The monoisotopic (exact) mass is 435 g/mol. The molecule has 3 aromatic rings. The second kappa shape index (κ2) is 8.69. The van der Waals surface area contributed by atoms with Crippen molar-refractivity contribution in [3.8, 4) is 0 Å². The summed E-state index contributed by atoms with van der Waals surface area (Å²) in [6.07, 6.45) is 1.68. The molecule has 31 heavy (non-hydrogen) atoms. The van der Waals surface area contributed by atoms with E-state index in [2.05, 4.69) is 10.3 Å². The quantitative estimate of drug-likeness (QED) is 0.609. The van der Waals surface area contributed by atoms with E-state index < -0.39 is 5.82 Å². The number of hydrogen-bond donors (Lipinski definition) is 1. The van der Waals surface area contributed by atoms with Crippen molar-refractivity contribution < 1.29 is 18.8 Å². The van der Waals surface area contributed by atoms with Crippen molar-refractivity contribution in [3.05, 3.63) is 82.1 Å². The fourth-order valence-corrected chi connectivity index (χ4v) is 4.16. The Morgan fingerprint density at radius 2 is 1.94 bits per heavy atom. The molecule has 0 bridgehead atoms. The summed E-state index contributed by atoms with van der Waals surface area (Å²) in [7, 11) is 0. The molecule has 0 aliphatic carbocycles. The van der Waals surface area contributed by atoms with Gasteiger partial charge in [0, 0.05) is 30.2 Å². The Morgan fingerprint density at radius 3 is 2.71 bits per heavy atom. The van der Waals surface area contributed by atoms with Gasteiger partial charge in [-0.1, -0.05) is 30.3 Å². The first-order chi connectivity index (χ1) is 14.9. The number of aromatic nitrogens is 1. The Hall–Kier alpha value is -3.52. The third-order valence-electron chi connectivity index (χ3n) is 4.74. The van der Waals surface area contributed by atoms with Crippen molar-refractivity contribution in [1.82, 2.24) is 15.2 Å². The molecule has 8 heteroatoms. The van der Waals surface area contributed by atoms with Crippen molar-refractivity contribution in [2.45, 2.75) is 6.92 Å². The average Bonchev–Trinajstić information content (AvgIpc) is 3.00.